The highest BCUT2D eigenvalue weighted by atomic mass is 35.5. The summed E-state index contributed by atoms with van der Waals surface area (Å²) in [6.07, 6.45) is 0.416. The molecule has 1 N–H and O–H groups in total. The molecule has 0 saturated carbocycles. The van der Waals surface area contributed by atoms with Crippen LogP contribution in [0.15, 0.2) is 97.1 Å². The van der Waals surface area contributed by atoms with Gasteiger partial charge in [0.2, 0.25) is 0 Å². The molecule has 0 aliphatic carbocycles. The summed E-state index contributed by atoms with van der Waals surface area (Å²) in [5, 5.41) is 4.31. The predicted molar refractivity (Wildman–Crippen MR) is 124 cm³/mol. The van der Waals surface area contributed by atoms with E-state index in [4.69, 9.17) is 11.6 Å². The largest absolute Gasteiger partial charge is 0.377 e. The number of nitrogens with one attached hydrogen (secondary N) is 1. The fourth-order valence-electron chi connectivity index (χ4n) is 4.12. The summed E-state index contributed by atoms with van der Waals surface area (Å²) in [6.45, 7) is 0. The minimum absolute atomic E-state index is 0.0723. The van der Waals surface area contributed by atoms with Gasteiger partial charge in [0.25, 0.3) is 0 Å². The maximum atomic E-state index is 13.3. The quantitative estimate of drug-likeness (QED) is 0.381. The lowest BCUT2D eigenvalue weighted by Crippen LogP contribution is -2.23. The summed E-state index contributed by atoms with van der Waals surface area (Å²) in [6, 6.07) is 32.3. The van der Waals surface area contributed by atoms with Crippen molar-refractivity contribution < 1.29 is 4.79 Å². The maximum Gasteiger partial charge on any atom is 0.167 e. The third-order valence-corrected chi connectivity index (χ3v) is 5.85. The van der Waals surface area contributed by atoms with Gasteiger partial charge in [-0.05, 0) is 52.1 Å². The Morgan fingerprint density at radius 1 is 0.733 bits per heavy atom. The third-order valence-electron chi connectivity index (χ3n) is 5.60. The zero-order valence-electron chi connectivity index (χ0n) is 16.3. The molecule has 1 aliphatic heterocycles. The van der Waals surface area contributed by atoms with Crippen molar-refractivity contribution in [3.63, 3.8) is 0 Å². The molecule has 0 amide bonds. The molecular formula is C27H20ClNO. The molecule has 0 saturated heterocycles. The fourth-order valence-corrected chi connectivity index (χ4v) is 4.25. The van der Waals surface area contributed by atoms with Crippen LogP contribution in [0.4, 0.5) is 5.69 Å². The van der Waals surface area contributed by atoms with Crippen LogP contribution in [-0.2, 0) is 0 Å². The van der Waals surface area contributed by atoms with Gasteiger partial charge in [-0.1, -0.05) is 84.4 Å². The van der Waals surface area contributed by atoms with Crippen LogP contribution in [0, 0.1) is 0 Å². The van der Waals surface area contributed by atoms with Crippen molar-refractivity contribution in [3.8, 4) is 22.3 Å². The van der Waals surface area contributed by atoms with Gasteiger partial charge in [0.15, 0.2) is 5.78 Å². The van der Waals surface area contributed by atoms with Gasteiger partial charge in [0.1, 0.15) is 0 Å². The summed E-state index contributed by atoms with van der Waals surface area (Å²) in [7, 11) is 0. The summed E-state index contributed by atoms with van der Waals surface area (Å²) in [5.74, 6) is 0.155. The molecule has 0 spiro atoms. The SMILES string of the molecule is O=C1CC(c2ccc(Cl)cc2)Nc2cc(-c3ccccc3)cc(-c3ccccc3)c21. The highest BCUT2D eigenvalue weighted by molar-refractivity contribution is 6.30. The number of benzene rings is 4. The smallest absolute Gasteiger partial charge is 0.167 e. The molecule has 4 aromatic rings. The lowest BCUT2D eigenvalue weighted by molar-refractivity contribution is 0.0973. The van der Waals surface area contributed by atoms with Crippen LogP contribution >= 0.6 is 11.6 Å². The van der Waals surface area contributed by atoms with E-state index in [9.17, 15) is 4.79 Å². The van der Waals surface area contributed by atoms with E-state index >= 15 is 0 Å². The van der Waals surface area contributed by atoms with Crippen molar-refractivity contribution in [2.45, 2.75) is 12.5 Å². The van der Waals surface area contributed by atoms with Crippen LogP contribution in [0.1, 0.15) is 28.4 Å². The highest BCUT2D eigenvalue weighted by Gasteiger charge is 2.29. The van der Waals surface area contributed by atoms with E-state index in [0.717, 1.165) is 39.1 Å². The van der Waals surface area contributed by atoms with Crippen LogP contribution in [-0.4, -0.2) is 5.78 Å². The average molecular weight is 410 g/mol. The molecule has 1 atom stereocenters. The van der Waals surface area contributed by atoms with Gasteiger partial charge in [-0.15, -0.1) is 0 Å². The van der Waals surface area contributed by atoms with Crippen LogP contribution < -0.4 is 5.32 Å². The van der Waals surface area contributed by atoms with Crippen LogP contribution in [0.3, 0.4) is 0 Å². The molecule has 0 aromatic heterocycles. The molecule has 5 rings (SSSR count). The van der Waals surface area contributed by atoms with Gasteiger partial charge in [0.05, 0.1) is 6.04 Å². The first-order chi connectivity index (χ1) is 14.7. The number of rotatable bonds is 3. The van der Waals surface area contributed by atoms with E-state index in [-0.39, 0.29) is 11.8 Å². The molecule has 4 aromatic carbocycles. The Labute approximate surface area is 181 Å². The lowest BCUT2D eigenvalue weighted by Gasteiger charge is -2.29. The van der Waals surface area contributed by atoms with Gasteiger partial charge in [-0.3, -0.25) is 4.79 Å². The molecule has 1 heterocycles. The number of anilines is 1. The van der Waals surface area contributed by atoms with Crippen LogP contribution in [0.2, 0.25) is 5.02 Å². The number of hydrogen-bond acceptors (Lipinski definition) is 2. The lowest BCUT2D eigenvalue weighted by atomic mass is 9.85. The van der Waals surface area contributed by atoms with Crippen molar-refractivity contribution in [3.05, 3.63) is 113 Å². The van der Waals surface area contributed by atoms with Gasteiger partial charge >= 0.3 is 0 Å². The molecular weight excluding hydrogens is 390 g/mol. The van der Waals surface area contributed by atoms with E-state index in [0.29, 0.717) is 11.4 Å². The second-order valence-electron chi connectivity index (χ2n) is 7.55. The number of halogens is 1. The van der Waals surface area contributed by atoms with E-state index < -0.39 is 0 Å². The monoisotopic (exact) mass is 409 g/mol. The zero-order chi connectivity index (χ0) is 20.5. The van der Waals surface area contributed by atoms with E-state index in [2.05, 4.69) is 41.7 Å². The van der Waals surface area contributed by atoms with E-state index in [1.54, 1.807) is 0 Å². The van der Waals surface area contributed by atoms with Gasteiger partial charge in [-0.25, -0.2) is 0 Å². The summed E-state index contributed by atoms with van der Waals surface area (Å²) in [5.41, 5.74) is 6.94. The van der Waals surface area contributed by atoms with Crippen molar-refractivity contribution >= 4 is 23.1 Å². The van der Waals surface area contributed by atoms with Gasteiger partial charge in [0, 0.05) is 22.7 Å². The molecule has 2 nitrogen and oxygen atoms in total. The van der Waals surface area contributed by atoms with Crippen molar-refractivity contribution in [1.82, 2.24) is 0 Å². The molecule has 0 bridgehead atoms. The number of hydrogen-bond donors (Lipinski definition) is 1. The Bertz CT molecular complexity index is 1200. The molecule has 30 heavy (non-hydrogen) atoms. The summed E-state index contributed by atoms with van der Waals surface area (Å²) < 4.78 is 0. The summed E-state index contributed by atoms with van der Waals surface area (Å²) >= 11 is 6.05. The Morgan fingerprint density at radius 3 is 2.03 bits per heavy atom. The Kier molecular flexibility index (Phi) is 4.86. The fraction of sp³-hybridized carbons (Fsp3) is 0.0741. The number of fused-ring (bicyclic) bond motifs is 1. The molecule has 0 radical (unpaired) electrons. The Hall–Kier alpha value is -3.36. The average Bonchev–Trinajstić information content (AvgIpc) is 2.80. The third kappa shape index (κ3) is 3.51. The number of ketones is 1. The first-order valence-electron chi connectivity index (χ1n) is 10.0. The second kappa shape index (κ2) is 7.81. The first kappa shape index (κ1) is 18.7. The van der Waals surface area contributed by atoms with Crippen molar-refractivity contribution in [2.75, 3.05) is 5.32 Å². The molecule has 1 unspecified atom stereocenters. The normalized spacial score (nSPS) is 15.4. The predicted octanol–water partition coefficient (Wildman–Crippen LogP) is 7.41. The molecule has 3 heteroatoms. The van der Waals surface area contributed by atoms with Crippen LogP contribution in [0.25, 0.3) is 22.3 Å². The number of Topliss-reactive ketones (excluding diaryl/α,β-unsaturated/α-hetero) is 1. The Morgan fingerprint density at radius 2 is 1.37 bits per heavy atom. The zero-order valence-corrected chi connectivity index (χ0v) is 17.1. The molecule has 1 aliphatic rings. The first-order valence-corrected chi connectivity index (χ1v) is 10.4. The maximum absolute atomic E-state index is 13.3. The highest BCUT2D eigenvalue weighted by Crippen LogP contribution is 2.41. The number of carbonyl (C=O) groups is 1. The van der Waals surface area contributed by atoms with E-state index in [1.807, 2.05) is 60.7 Å². The molecule has 146 valence electrons. The van der Waals surface area contributed by atoms with E-state index in [1.165, 1.54) is 0 Å². The van der Waals surface area contributed by atoms with Crippen molar-refractivity contribution in [1.29, 1.82) is 0 Å². The topological polar surface area (TPSA) is 29.1 Å². The Balaban J connectivity index is 1.66. The minimum Gasteiger partial charge on any atom is -0.377 e. The standard InChI is InChI=1S/C27H20ClNO/c28-22-13-11-20(12-14-22)24-17-26(30)27-23(19-9-5-2-6-10-19)15-21(16-25(27)29-24)18-7-3-1-4-8-18/h1-16,24,29H,17H2. The van der Waals surface area contributed by atoms with Gasteiger partial charge in [-0.2, -0.15) is 0 Å². The minimum atomic E-state index is -0.0723. The van der Waals surface area contributed by atoms with Crippen LogP contribution in [0.5, 0.6) is 0 Å². The summed E-state index contributed by atoms with van der Waals surface area (Å²) in [4.78, 5) is 13.3. The van der Waals surface area contributed by atoms with Gasteiger partial charge < -0.3 is 5.32 Å². The number of carbonyl (C=O) groups excluding carboxylic acids is 1. The second-order valence-corrected chi connectivity index (χ2v) is 7.99. The molecule has 0 fully saturated rings. The van der Waals surface area contributed by atoms with Crippen molar-refractivity contribution in [2.24, 2.45) is 0 Å².